The molecule has 4 rings (SSSR count). The van der Waals surface area contributed by atoms with Gasteiger partial charge in [0.25, 0.3) is 11.8 Å². The fraction of sp³-hybridized carbons (Fsp3) is 0.0769. The number of amides is 2. The molecule has 0 saturated heterocycles. The van der Waals surface area contributed by atoms with E-state index >= 15 is 0 Å². The van der Waals surface area contributed by atoms with Gasteiger partial charge in [0.1, 0.15) is 15.7 Å². The SMILES string of the molecule is [B]c1ccc(NC(=O)COc2cc3ccccc3cc2OCC(=O)Nc2ccc([B])cc2)cc1. The van der Waals surface area contributed by atoms with E-state index in [0.717, 1.165) is 10.8 Å². The number of nitrogens with one attached hydrogen (secondary N) is 2. The number of ether oxygens (including phenoxy) is 2. The maximum Gasteiger partial charge on any atom is 0.262 e. The zero-order chi connectivity index (χ0) is 23.9. The molecule has 4 aromatic carbocycles. The number of carbonyl (C=O) groups is 2. The summed E-state index contributed by atoms with van der Waals surface area (Å²) in [6.45, 7) is -0.479. The molecule has 2 N–H and O–H groups in total. The van der Waals surface area contributed by atoms with Crippen molar-refractivity contribution < 1.29 is 19.1 Å². The molecule has 0 unspecified atom stereocenters. The molecule has 0 aliphatic heterocycles. The average molecular weight is 446 g/mol. The Hall–Kier alpha value is -4.19. The molecule has 0 aromatic heterocycles. The molecule has 4 radical (unpaired) electrons. The molecule has 0 bridgehead atoms. The van der Waals surface area contributed by atoms with E-state index in [1.165, 1.54) is 0 Å². The quantitative estimate of drug-likeness (QED) is 0.408. The third-order valence-corrected chi connectivity index (χ3v) is 4.92. The Bertz CT molecular complexity index is 1210. The van der Waals surface area contributed by atoms with Crippen molar-refractivity contribution in [3.63, 3.8) is 0 Å². The molecule has 0 fully saturated rings. The molecule has 8 heteroatoms. The van der Waals surface area contributed by atoms with Crippen LogP contribution in [0.3, 0.4) is 0 Å². The highest BCUT2D eigenvalue weighted by atomic mass is 16.5. The van der Waals surface area contributed by atoms with Crippen LogP contribution in [0.4, 0.5) is 11.4 Å². The Morgan fingerprint density at radius 3 is 1.38 bits per heavy atom. The van der Waals surface area contributed by atoms with Crippen molar-refractivity contribution in [1.82, 2.24) is 0 Å². The molecule has 0 aliphatic rings. The topological polar surface area (TPSA) is 76.7 Å². The smallest absolute Gasteiger partial charge is 0.262 e. The van der Waals surface area contributed by atoms with Gasteiger partial charge < -0.3 is 20.1 Å². The Morgan fingerprint density at radius 2 is 1.00 bits per heavy atom. The minimum absolute atomic E-state index is 0.239. The van der Waals surface area contributed by atoms with Gasteiger partial charge in [-0.05, 0) is 47.2 Å². The van der Waals surface area contributed by atoms with E-state index in [1.54, 1.807) is 60.7 Å². The van der Waals surface area contributed by atoms with Crippen molar-refractivity contribution in [2.45, 2.75) is 0 Å². The third kappa shape index (κ3) is 6.19. The Morgan fingerprint density at radius 1 is 0.618 bits per heavy atom. The van der Waals surface area contributed by atoms with Crippen LogP contribution in [-0.2, 0) is 9.59 Å². The first-order chi connectivity index (χ1) is 16.5. The van der Waals surface area contributed by atoms with Gasteiger partial charge in [-0.15, -0.1) is 0 Å². The van der Waals surface area contributed by atoms with Crippen molar-refractivity contribution in [1.29, 1.82) is 0 Å². The number of anilines is 2. The molecule has 6 nitrogen and oxygen atoms in total. The number of carbonyl (C=O) groups excluding carboxylic acids is 2. The highest BCUT2D eigenvalue weighted by molar-refractivity contribution is 6.32. The van der Waals surface area contributed by atoms with Crippen LogP contribution in [0.15, 0.2) is 84.9 Å². The van der Waals surface area contributed by atoms with Crippen LogP contribution in [0.25, 0.3) is 10.8 Å². The molecule has 2 amide bonds. The summed E-state index contributed by atoms with van der Waals surface area (Å²) in [7, 11) is 11.3. The monoisotopic (exact) mass is 446 g/mol. The van der Waals surface area contributed by atoms with Crippen LogP contribution >= 0.6 is 0 Å². The number of benzene rings is 4. The van der Waals surface area contributed by atoms with E-state index in [2.05, 4.69) is 10.6 Å². The van der Waals surface area contributed by atoms with Crippen molar-refractivity contribution >= 4 is 60.6 Å². The Kier molecular flexibility index (Phi) is 7.18. The summed E-state index contributed by atoms with van der Waals surface area (Å²) in [4.78, 5) is 24.7. The average Bonchev–Trinajstić information content (AvgIpc) is 2.84. The number of hydrogen-bond acceptors (Lipinski definition) is 4. The highest BCUT2D eigenvalue weighted by Crippen LogP contribution is 2.32. The van der Waals surface area contributed by atoms with Crippen LogP contribution in [-0.4, -0.2) is 40.7 Å². The lowest BCUT2D eigenvalue weighted by Gasteiger charge is -2.14. The molecule has 0 spiro atoms. The molecule has 0 saturated carbocycles. The number of rotatable bonds is 8. The van der Waals surface area contributed by atoms with Gasteiger partial charge in [0.2, 0.25) is 0 Å². The zero-order valence-electron chi connectivity index (χ0n) is 18.3. The summed E-state index contributed by atoms with van der Waals surface area (Å²) in [5.74, 6) is 0.0211. The Labute approximate surface area is 200 Å². The van der Waals surface area contributed by atoms with Gasteiger partial charge in [-0.25, -0.2) is 0 Å². The molecule has 0 heterocycles. The second-order valence-corrected chi connectivity index (χ2v) is 7.56. The maximum atomic E-state index is 12.4. The van der Waals surface area contributed by atoms with Gasteiger partial charge >= 0.3 is 0 Å². The predicted molar refractivity (Wildman–Crippen MR) is 136 cm³/mol. The number of fused-ring (bicyclic) bond motifs is 1. The lowest BCUT2D eigenvalue weighted by molar-refractivity contribution is -0.119. The van der Waals surface area contributed by atoms with Gasteiger partial charge in [-0.2, -0.15) is 0 Å². The summed E-state index contributed by atoms with van der Waals surface area (Å²) in [5, 5.41) is 7.31. The molecule has 0 aliphatic carbocycles. The van der Waals surface area contributed by atoms with Gasteiger partial charge in [-0.1, -0.05) is 59.5 Å². The molecule has 0 atom stereocenters. The first kappa shape index (κ1) is 23.0. The van der Waals surface area contributed by atoms with Gasteiger partial charge in [0.15, 0.2) is 24.7 Å². The Balaban J connectivity index is 1.43. The van der Waals surface area contributed by atoms with Gasteiger partial charge in [-0.3, -0.25) is 9.59 Å². The van der Waals surface area contributed by atoms with Crippen molar-refractivity contribution in [2.24, 2.45) is 0 Å². The van der Waals surface area contributed by atoms with E-state index in [9.17, 15) is 9.59 Å². The summed E-state index contributed by atoms with van der Waals surface area (Å²) < 4.78 is 11.5. The van der Waals surface area contributed by atoms with Crippen molar-refractivity contribution in [3.8, 4) is 11.5 Å². The summed E-state index contributed by atoms with van der Waals surface area (Å²) in [5.41, 5.74) is 2.43. The standard InChI is InChI=1S/C26H20B2N2O4/c27-19-5-9-21(10-6-19)29-25(31)15-33-23-13-17-3-1-2-4-18(17)14-24(23)34-16-26(32)30-22-11-7-20(28)8-12-22/h1-14H,15-16H2,(H,29,31)(H,30,32). The molecule has 34 heavy (non-hydrogen) atoms. The second-order valence-electron chi connectivity index (χ2n) is 7.56. The van der Waals surface area contributed by atoms with Crippen LogP contribution in [0, 0.1) is 0 Å². The normalized spacial score (nSPS) is 10.5. The maximum absolute atomic E-state index is 12.4. The van der Waals surface area contributed by atoms with Crippen LogP contribution in [0.5, 0.6) is 11.5 Å². The van der Waals surface area contributed by atoms with Crippen molar-refractivity contribution in [3.05, 3.63) is 84.9 Å². The minimum Gasteiger partial charge on any atom is -0.480 e. The van der Waals surface area contributed by atoms with Crippen molar-refractivity contribution in [2.75, 3.05) is 23.8 Å². The summed E-state index contributed by atoms with van der Waals surface area (Å²) in [6.07, 6.45) is 0. The largest absolute Gasteiger partial charge is 0.480 e. The van der Waals surface area contributed by atoms with Crippen LogP contribution in [0.1, 0.15) is 0 Å². The second kappa shape index (κ2) is 10.6. The predicted octanol–water partition coefficient (Wildman–Crippen LogP) is 2.46. The first-order valence-corrected chi connectivity index (χ1v) is 10.6. The number of hydrogen-bond donors (Lipinski definition) is 2. The minimum atomic E-state index is -0.343. The van der Waals surface area contributed by atoms with E-state index in [-0.39, 0.29) is 25.0 Å². The summed E-state index contributed by atoms with van der Waals surface area (Å²) in [6, 6.07) is 24.8. The molecular formula is C26H20B2N2O4. The molecule has 164 valence electrons. The van der Waals surface area contributed by atoms with Gasteiger partial charge in [0, 0.05) is 11.4 Å². The lowest BCUT2D eigenvalue weighted by Crippen LogP contribution is -2.22. The van der Waals surface area contributed by atoms with E-state index in [1.807, 2.05) is 24.3 Å². The van der Waals surface area contributed by atoms with E-state index < -0.39 is 0 Å². The van der Waals surface area contributed by atoms with Crippen LogP contribution in [0.2, 0.25) is 0 Å². The highest BCUT2D eigenvalue weighted by Gasteiger charge is 2.13. The fourth-order valence-corrected chi connectivity index (χ4v) is 3.24. The zero-order valence-corrected chi connectivity index (χ0v) is 18.3. The van der Waals surface area contributed by atoms with Gasteiger partial charge in [0.05, 0.1) is 0 Å². The molecule has 4 aromatic rings. The van der Waals surface area contributed by atoms with E-state index in [4.69, 9.17) is 25.2 Å². The molecular weight excluding hydrogens is 426 g/mol. The lowest BCUT2D eigenvalue weighted by atomic mass is 9.96. The fourth-order valence-electron chi connectivity index (χ4n) is 3.24. The van der Waals surface area contributed by atoms with E-state index in [0.29, 0.717) is 33.8 Å². The van der Waals surface area contributed by atoms with Crippen LogP contribution < -0.4 is 31.0 Å². The third-order valence-electron chi connectivity index (χ3n) is 4.92. The summed E-state index contributed by atoms with van der Waals surface area (Å²) >= 11 is 0. The first-order valence-electron chi connectivity index (χ1n) is 10.6.